The third-order valence-electron chi connectivity index (χ3n) is 5.66. The van der Waals surface area contributed by atoms with Crippen LogP contribution in [0.15, 0.2) is 51.9 Å². The molecular weight excluding hydrogens is 479 g/mol. The van der Waals surface area contributed by atoms with Crippen LogP contribution in [0.3, 0.4) is 0 Å². The Labute approximate surface area is 200 Å². The van der Waals surface area contributed by atoms with Gasteiger partial charge < -0.3 is 18.7 Å². The van der Waals surface area contributed by atoms with E-state index in [-0.39, 0.29) is 17.3 Å². The summed E-state index contributed by atoms with van der Waals surface area (Å²) >= 11 is 0. The van der Waals surface area contributed by atoms with Crippen LogP contribution in [0.25, 0.3) is 33.6 Å². The number of hydrogen-bond donors (Lipinski definition) is 1. The van der Waals surface area contributed by atoms with Crippen molar-refractivity contribution in [3.63, 3.8) is 0 Å². The Hall–Kier alpha value is -3.32. The summed E-state index contributed by atoms with van der Waals surface area (Å²) < 4.78 is 62.6. The molecule has 0 atom stereocenters. The van der Waals surface area contributed by atoms with Crippen molar-refractivity contribution in [2.45, 2.75) is 4.90 Å². The van der Waals surface area contributed by atoms with Crippen LogP contribution in [0, 0.1) is 5.82 Å². The monoisotopic (exact) mass is 502 g/mol. The van der Waals surface area contributed by atoms with E-state index in [1.165, 1.54) is 23.5 Å². The molecule has 1 fully saturated rings. The molecule has 4 aromatic rings. The van der Waals surface area contributed by atoms with Crippen LogP contribution in [-0.4, -0.2) is 74.7 Å². The highest BCUT2D eigenvalue weighted by Crippen LogP contribution is 2.33. The van der Waals surface area contributed by atoms with E-state index in [1.54, 1.807) is 30.3 Å². The fraction of sp³-hybridized carbons (Fsp3) is 0.304. The largest absolute Gasteiger partial charge is 0.488 e. The molecule has 35 heavy (non-hydrogen) atoms. The molecule has 0 spiro atoms. The quantitative estimate of drug-likeness (QED) is 0.365. The molecule has 0 saturated carbocycles. The van der Waals surface area contributed by atoms with Crippen molar-refractivity contribution in [2.24, 2.45) is 0 Å². The summed E-state index contributed by atoms with van der Waals surface area (Å²) in [5.74, 6) is -0.105. The third-order valence-corrected chi connectivity index (χ3v) is 7.57. The molecule has 1 aliphatic heterocycles. The minimum absolute atomic E-state index is 0.0927. The average molecular weight is 503 g/mol. The first-order valence-corrected chi connectivity index (χ1v) is 12.4. The summed E-state index contributed by atoms with van der Waals surface area (Å²) in [6.07, 6.45) is 0. The molecule has 1 saturated heterocycles. The van der Waals surface area contributed by atoms with Gasteiger partial charge in [-0.2, -0.15) is 9.40 Å². The van der Waals surface area contributed by atoms with E-state index in [1.807, 2.05) is 0 Å². The summed E-state index contributed by atoms with van der Waals surface area (Å²) in [5, 5.41) is 11.7. The lowest BCUT2D eigenvalue weighted by atomic mass is 10.1. The van der Waals surface area contributed by atoms with Crippen molar-refractivity contribution in [2.75, 3.05) is 46.6 Å². The van der Waals surface area contributed by atoms with Gasteiger partial charge in [0.05, 0.1) is 30.2 Å². The normalized spacial score (nSPS) is 15.0. The van der Waals surface area contributed by atoms with Crippen LogP contribution in [-0.2, 0) is 19.5 Å². The number of nitrogens with zero attached hydrogens (tertiary/aromatic N) is 3. The number of aromatic amines is 1. The molecular formula is C23H23FN4O6S. The molecule has 0 bridgehead atoms. The van der Waals surface area contributed by atoms with Crippen molar-refractivity contribution in [1.29, 1.82) is 0 Å². The van der Waals surface area contributed by atoms with Gasteiger partial charge in [-0.05, 0) is 18.2 Å². The molecule has 5 rings (SSSR count). The topological polar surface area (TPSA) is 120 Å². The average Bonchev–Trinajstić information content (AvgIpc) is 3.52. The molecule has 0 aliphatic carbocycles. The highest BCUT2D eigenvalue weighted by atomic mass is 32.2. The highest BCUT2D eigenvalue weighted by Gasteiger charge is 2.26. The number of halogens is 1. The lowest BCUT2D eigenvalue weighted by molar-refractivity contribution is 0.0730. The first-order valence-electron chi connectivity index (χ1n) is 10.9. The molecule has 1 N–H and O–H groups in total. The summed E-state index contributed by atoms with van der Waals surface area (Å²) in [4.78, 5) is 0.198. The van der Waals surface area contributed by atoms with Crippen LogP contribution in [0.1, 0.15) is 0 Å². The van der Waals surface area contributed by atoms with E-state index < -0.39 is 15.8 Å². The number of aromatic nitrogens is 3. The van der Waals surface area contributed by atoms with E-state index in [0.29, 0.717) is 66.5 Å². The Morgan fingerprint density at radius 3 is 2.63 bits per heavy atom. The first kappa shape index (κ1) is 23.4. The maximum atomic E-state index is 14.5. The van der Waals surface area contributed by atoms with Gasteiger partial charge >= 0.3 is 0 Å². The summed E-state index contributed by atoms with van der Waals surface area (Å²) in [6.45, 7) is 1.98. The second-order valence-corrected chi connectivity index (χ2v) is 9.80. The number of benzene rings is 2. The number of ether oxygens (including phenoxy) is 3. The Morgan fingerprint density at radius 1 is 1.11 bits per heavy atom. The van der Waals surface area contributed by atoms with E-state index >= 15 is 0 Å². The Morgan fingerprint density at radius 2 is 1.89 bits per heavy atom. The van der Waals surface area contributed by atoms with E-state index in [2.05, 4.69) is 15.4 Å². The number of fused-ring (bicyclic) bond motifs is 1. The second kappa shape index (κ2) is 9.74. The highest BCUT2D eigenvalue weighted by molar-refractivity contribution is 7.89. The van der Waals surface area contributed by atoms with Crippen LogP contribution >= 0.6 is 0 Å². The van der Waals surface area contributed by atoms with Gasteiger partial charge in [-0.3, -0.25) is 5.10 Å². The van der Waals surface area contributed by atoms with E-state index in [9.17, 15) is 12.8 Å². The molecule has 0 unspecified atom stereocenters. The van der Waals surface area contributed by atoms with Crippen molar-refractivity contribution in [3.05, 3.63) is 48.3 Å². The minimum Gasteiger partial charge on any atom is -0.488 e. The lowest BCUT2D eigenvalue weighted by Gasteiger charge is -2.26. The number of nitrogens with one attached hydrogen (secondary N) is 1. The molecule has 10 nitrogen and oxygen atoms in total. The second-order valence-electron chi connectivity index (χ2n) is 7.86. The lowest BCUT2D eigenvalue weighted by Crippen LogP contribution is -2.40. The maximum absolute atomic E-state index is 14.5. The predicted octanol–water partition coefficient (Wildman–Crippen LogP) is 3.07. The maximum Gasteiger partial charge on any atom is 0.243 e. The number of hydrogen-bond acceptors (Lipinski definition) is 8. The molecule has 12 heteroatoms. The molecule has 184 valence electrons. The predicted molar refractivity (Wildman–Crippen MR) is 124 cm³/mol. The van der Waals surface area contributed by atoms with Gasteiger partial charge in [0.15, 0.2) is 17.3 Å². The third kappa shape index (κ3) is 4.65. The van der Waals surface area contributed by atoms with Crippen LogP contribution < -0.4 is 4.74 Å². The van der Waals surface area contributed by atoms with Crippen molar-refractivity contribution >= 4 is 20.9 Å². The van der Waals surface area contributed by atoms with Gasteiger partial charge in [-0.15, -0.1) is 0 Å². The first-order chi connectivity index (χ1) is 17.0. The van der Waals surface area contributed by atoms with Gasteiger partial charge in [-0.1, -0.05) is 17.3 Å². The zero-order valence-corrected chi connectivity index (χ0v) is 19.7. The van der Waals surface area contributed by atoms with Crippen LogP contribution in [0.4, 0.5) is 4.39 Å². The fourth-order valence-electron chi connectivity index (χ4n) is 3.81. The Bertz CT molecular complexity index is 1430. The molecule has 2 aromatic heterocycles. The minimum atomic E-state index is -3.59. The number of morpholine rings is 1. The standard InChI is InChI=1S/C23H23FN4O6S/c1-31-10-11-33-21-14-20-17(12-18(21)24)23(26-25-20)22-13-19(27-34-22)15-2-4-16(5-3-15)35(29,30)28-6-8-32-9-7-28/h2-5,12-14H,6-11H2,1H3,(H,25,26). The van der Waals surface area contributed by atoms with Gasteiger partial charge in [0, 0.05) is 43.3 Å². The SMILES string of the molecule is COCCOc1cc2[nH]nc(-c3cc(-c4ccc(S(=O)(=O)N5CCOCC5)cc4)no3)c2cc1F. The summed E-state index contributed by atoms with van der Waals surface area (Å²) in [7, 11) is -2.05. The van der Waals surface area contributed by atoms with Gasteiger partial charge in [0.25, 0.3) is 0 Å². The molecule has 3 heterocycles. The summed E-state index contributed by atoms with van der Waals surface area (Å²) in [6, 6.07) is 10.9. The van der Waals surface area contributed by atoms with Crippen molar-refractivity contribution in [3.8, 4) is 28.5 Å². The smallest absolute Gasteiger partial charge is 0.243 e. The summed E-state index contributed by atoms with van der Waals surface area (Å²) in [5.41, 5.74) is 2.13. The zero-order chi connectivity index (χ0) is 24.4. The fourth-order valence-corrected chi connectivity index (χ4v) is 5.22. The van der Waals surface area contributed by atoms with Crippen molar-refractivity contribution in [1.82, 2.24) is 19.7 Å². The van der Waals surface area contributed by atoms with Crippen molar-refractivity contribution < 1.29 is 31.5 Å². The Balaban J connectivity index is 1.38. The van der Waals surface area contributed by atoms with Gasteiger partial charge in [-0.25, -0.2) is 12.8 Å². The molecule has 1 aliphatic rings. The molecule has 0 radical (unpaired) electrons. The number of rotatable bonds is 8. The van der Waals surface area contributed by atoms with E-state index in [0.717, 1.165) is 0 Å². The zero-order valence-electron chi connectivity index (χ0n) is 18.9. The number of methoxy groups -OCH3 is 1. The van der Waals surface area contributed by atoms with E-state index in [4.69, 9.17) is 18.7 Å². The van der Waals surface area contributed by atoms with Gasteiger partial charge in [0.1, 0.15) is 18.0 Å². The van der Waals surface area contributed by atoms with Crippen LogP contribution in [0.5, 0.6) is 5.75 Å². The molecule has 2 aromatic carbocycles. The number of H-pyrrole nitrogens is 1. The number of sulfonamides is 1. The molecule has 0 amide bonds. The Kier molecular flexibility index (Phi) is 6.52. The van der Waals surface area contributed by atoms with Gasteiger partial charge in [0.2, 0.25) is 10.0 Å². The van der Waals surface area contributed by atoms with Crippen LogP contribution in [0.2, 0.25) is 0 Å².